The van der Waals surface area contributed by atoms with Gasteiger partial charge in [0.05, 0.1) is 17.7 Å². The molecule has 0 saturated heterocycles. The summed E-state index contributed by atoms with van der Waals surface area (Å²) in [6.45, 7) is 1.73. The Bertz CT molecular complexity index is 1160. The minimum atomic E-state index is -0.624. The number of H-pyrrole nitrogens is 1. The van der Waals surface area contributed by atoms with Crippen LogP contribution in [0.15, 0.2) is 53.3 Å². The van der Waals surface area contributed by atoms with Crippen molar-refractivity contribution >= 4 is 17.6 Å². The summed E-state index contributed by atoms with van der Waals surface area (Å²) in [5.41, 5.74) is 1.42. The van der Waals surface area contributed by atoms with Crippen molar-refractivity contribution in [3.63, 3.8) is 0 Å². The molecule has 7 heteroatoms. The number of carbonyl (C=O) groups excluding carboxylic acids is 1. The Balaban J connectivity index is 2.01. The molecule has 0 atom stereocenters. The number of aromatic amines is 1. The Morgan fingerprint density at radius 1 is 1.14 bits per heavy atom. The maximum absolute atomic E-state index is 12.4. The minimum absolute atomic E-state index is 0.00605. The van der Waals surface area contributed by atoms with Gasteiger partial charge in [0.2, 0.25) is 0 Å². The highest BCUT2D eigenvalue weighted by atomic mass is 35.5. The molecule has 1 heterocycles. The van der Waals surface area contributed by atoms with E-state index in [1.54, 1.807) is 55.5 Å². The van der Waals surface area contributed by atoms with E-state index in [1.807, 2.05) is 6.07 Å². The lowest BCUT2D eigenvalue weighted by Crippen LogP contribution is -2.13. The zero-order chi connectivity index (χ0) is 20.3. The van der Waals surface area contributed by atoms with E-state index in [0.29, 0.717) is 16.8 Å². The van der Waals surface area contributed by atoms with E-state index < -0.39 is 11.5 Å². The van der Waals surface area contributed by atoms with Crippen LogP contribution in [-0.2, 0) is 0 Å². The van der Waals surface area contributed by atoms with Crippen LogP contribution in [0.1, 0.15) is 21.6 Å². The number of aryl methyl sites for hydroxylation is 1. The Kier molecular flexibility index (Phi) is 5.48. The predicted molar refractivity (Wildman–Crippen MR) is 105 cm³/mol. The third-order valence-electron chi connectivity index (χ3n) is 4.05. The summed E-state index contributed by atoms with van der Waals surface area (Å²) in [5, 5.41) is 9.60. The summed E-state index contributed by atoms with van der Waals surface area (Å²) < 4.78 is 10.7. The van der Waals surface area contributed by atoms with Crippen LogP contribution in [0.2, 0.25) is 5.02 Å². The highest BCUT2D eigenvalue weighted by Gasteiger charge is 2.17. The topological polar surface area (TPSA) is 92.2 Å². The average Bonchev–Trinajstić information content (AvgIpc) is 2.68. The number of nitriles is 1. The second kappa shape index (κ2) is 7.99. The molecule has 3 rings (SSSR count). The summed E-state index contributed by atoms with van der Waals surface area (Å²) in [6, 6.07) is 15.0. The molecule has 0 saturated carbocycles. The van der Waals surface area contributed by atoms with E-state index in [-0.39, 0.29) is 27.6 Å². The van der Waals surface area contributed by atoms with E-state index >= 15 is 0 Å². The van der Waals surface area contributed by atoms with Crippen molar-refractivity contribution in [3.8, 4) is 28.7 Å². The Labute approximate surface area is 165 Å². The summed E-state index contributed by atoms with van der Waals surface area (Å²) in [6.07, 6.45) is 0. The SMILES string of the molecule is COc1cc(-c2cc(C)[nH]c(=O)c2C#N)ccc1OC(=O)c1ccccc1Cl. The molecule has 28 heavy (non-hydrogen) atoms. The van der Waals surface area contributed by atoms with Crippen LogP contribution in [0.25, 0.3) is 11.1 Å². The van der Waals surface area contributed by atoms with Gasteiger partial charge in [-0.2, -0.15) is 5.26 Å². The van der Waals surface area contributed by atoms with E-state index in [0.717, 1.165) is 0 Å². The zero-order valence-electron chi connectivity index (χ0n) is 15.1. The van der Waals surface area contributed by atoms with E-state index in [2.05, 4.69) is 4.98 Å². The second-order valence-corrected chi connectivity index (χ2v) is 6.32. The largest absolute Gasteiger partial charge is 0.493 e. The van der Waals surface area contributed by atoms with Crippen LogP contribution in [0.5, 0.6) is 11.5 Å². The molecule has 3 aromatic rings. The normalized spacial score (nSPS) is 10.2. The minimum Gasteiger partial charge on any atom is -0.493 e. The van der Waals surface area contributed by atoms with Crippen molar-refractivity contribution in [2.45, 2.75) is 6.92 Å². The van der Waals surface area contributed by atoms with Crippen molar-refractivity contribution in [3.05, 3.63) is 80.7 Å². The highest BCUT2D eigenvalue weighted by molar-refractivity contribution is 6.33. The molecule has 0 spiro atoms. The van der Waals surface area contributed by atoms with Gasteiger partial charge in [0.25, 0.3) is 5.56 Å². The molecule has 1 N–H and O–H groups in total. The van der Waals surface area contributed by atoms with Crippen molar-refractivity contribution in [2.24, 2.45) is 0 Å². The van der Waals surface area contributed by atoms with Crippen molar-refractivity contribution in [2.75, 3.05) is 7.11 Å². The van der Waals surface area contributed by atoms with Crippen LogP contribution in [-0.4, -0.2) is 18.1 Å². The molecule has 0 amide bonds. The number of halogens is 1. The van der Waals surface area contributed by atoms with Gasteiger partial charge in [-0.25, -0.2) is 4.79 Å². The van der Waals surface area contributed by atoms with Crippen LogP contribution in [0.4, 0.5) is 0 Å². The molecule has 0 fully saturated rings. The lowest BCUT2D eigenvalue weighted by Gasteiger charge is -2.12. The number of rotatable bonds is 4. The Morgan fingerprint density at radius 2 is 1.89 bits per heavy atom. The standard InChI is InChI=1S/C21H15ClN2O4/c1-12-9-15(16(11-23)20(25)24-12)13-7-8-18(19(10-13)27-2)28-21(26)14-5-3-4-6-17(14)22/h3-10H,1-2H3,(H,24,25). The third kappa shape index (κ3) is 3.75. The average molecular weight is 395 g/mol. The molecule has 6 nitrogen and oxygen atoms in total. The molecular weight excluding hydrogens is 380 g/mol. The monoisotopic (exact) mass is 394 g/mol. The maximum atomic E-state index is 12.4. The number of carbonyl (C=O) groups is 1. The molecule has 140 valence electrons. The molecule has 0 aliphatic carbocycles. The number of aromatic nitrogens is 1. The zero-order valence-corrected chi connectivity index (χ0v) is 15.8. The summed E-state index contributed by atoms with van der Waals surface area (Å²) in [7, 11) is 1.43. The first-order valence-corrected chi connectivity index (χ1v) is 8.61. The lowest BCUT2D eigenvalue weighted by atomic mass is 10.0. The highest BCUT2D eigenvalue weighted by Crippen LogP contribution is 2.34. The Hall–Kier alpha value is -3.56. The van der Waals surface area contributed by atoms with Crippen molar-refractivity contribution < 1.29 is 14.3 Å². The predicted octanol–water partition coefficient (Wildman–Crippen LogP) is 4.10. The fourth-order valence-corrected chi connectivity index (χ4v) is 2.94. The Morgan fingerprint density at radius 3 is 2.57 bits per heavy atom. The first kappa shape index (κ1) is 19.2. The molecular formula is C21H15ClN2O4. The van der Waals surface area contributed by atoms with E-state index in [9.17, 15) is 14.9 Å². The van der Waals surface area contributed by atoms with Gasteiger partial charge in [-0.3, -0.25) is 4.79 Å². The third-order valence-corrected chi connectivity index (χ3v) is 4.38. The van der Waals surface area contributed by atoms with Gasteiger partial charge in [-0.1, -0.05) is 29.8 Å². The number of nitrogens with zero attached hydrogens (tertiary/aromatic N) is 1. The van der Waals surface area contributed by atoms with Crippen LogP contribution in [0.3, 0.4) is 0 Å². The van der Waals surface area contributed by atoms with Crippen molar-refractivity contribution in [1.82, 2.24) is 4.98 Å². The van der Waals surface area contributed by atoms with Gasteiger partial charge in [-0.15, -0.1) is 0 Å². The van der Waals surface area contributed by atoms with Gasteiger partial charge in [0.1, 0.15) is 11.6 Å². The first-order valence-electron chi connectivity index (χ1n) is 8.23. The number of nitrogens with one attached hydrogen (secondary N) is 1. The first-order chi connectivity index (χ1) is 13.4. The molecule has 0 aliphatic rings. The van der Waals surface area contributed by atoms with Gasteiger partial charge >= 0.3 is 5.97 Å². The summed E-state index contributed by atoms with van der Waals surface area (Å²) in [4.78, 5) is 27.0. The van der Waals surface area contributed by atoms with Gasteiger partial charge in [0.15, 0.2) is 11.5 Å². The molecule has 0 radical (unpaired) electrons. The molecule has 0 aliphatic heterocycles. The number of hydrogen-bond donors (Lipinski definition) is 1. The number of esters is 1. The van der Waals surface area contributed by atoms with E-state index in [1.165, 1.54) is 7.11 Å². The van der Waals surface area contributed by atoms with Crippen LogP contribution in [0, 0.1) is 18.3 Å². The lowest BCUT2D eigenvalue weighted by molar-refractivity contribution is 0.0730. The number of methoxy groups -OCH3 is 1. The second-order valence-electron chi connectivity index (χ2n) is 5.92. The smallest absolute Gasteiger partial charge is 0.345 e. The fraction of sp³-hybridized carbons (Fsp3) is 0.0952. The van der Waals surface area contributed by atoms with Gasteiger partial charge < -0.3 is 14.5 Å². The molecule has 2 aromatic carbocycles. The molecule has 1 aromatic heterocycles. The summed E-state index contributed by atoms with van der Waals surface area (Å²) in [5.74, 6) is -0.155. The molecule has 0 bridgehead atoms. The van der Waals surface area contributed by atoms with Crippen LogP contribution >= 0.6 is 11.6 Å². The number of hydrogen-bond acceptors (Lipinski definition) is 5. The maximum Gasteiger partial charge on any atom is 0.345 e. The van der Waals surface area contributed by atoms with E-state index in [4.69, 9.17) is 21.1 Å². The quantitative estimate of drug-likeness (QED) is 0.531. The van der Waals surface area contributed by atoms with Crippen molar-refractivity contribution in [1.29, 1.82) is 5.26 Å². The van der Waals surface area contributed by atoms with Crippen LogP contribution < -0.4 is 15.0 Å². The fourth-order valence-electron chi connectivity index (χ4n) is 2.73. The number of pyridine rings is 1. The van der Waals surface area contributed by atoms with Gasteiger partial charge in [0, 0.05) is 11.3 Å². The summed E-state index contributed by atoms with van der Waals surface area (Å²) >= 11 is 6.03. The van der Waals surface area contributed by atoms with Gasteiger partial charge in [-0.05, 0) is 42.8 Å². The number of ether oxygens (including phenoxy) is 2. The number of benzene rings is 2. The molecule has 0 unspecified atom stereocenters.